The van der Waals surface area contributed by atoms with Crippen molar-refractivity contribution in [1.29, 1.82) is 0 Å². The number of nitrogens with one attached hydrogen (secondary N) is 2. The van der Waals surface area contributed by atoms with Crippen LogP contribution in [0.4, 0.5) is 4.79 Å². The van der Waals surface area contributed by atoms with Crippen LogP contribution in [0.1, 0.15) is 20.8 Å². The summed E-state index contributed by atoms with van der Waals surface area (Å²) in [5.74, 6) is -1.62. The molecule has 0 heterocycles. The van der Waals surface area contributed by atoms with Gasteiger partial charge >= 0.3 is 12.1 Å². The summed E-state index contributed by atoms with van der Waals surface area (Å²) >= 11 is 2.92. The summed E-state index contributed by atoms with van der Waals surface area (Å²) in [7, 11) is 0. The Hall–Kier alpha value is -1.31. The number of hydrogen-bond donors (Lipinski definition) is 3. The second kappa shape index (κ2) is 7.20. The van der Waals surface area contributed by atoms with Gasteiger partial charge in [0.05, 0.1) is 5.33 Å². The highest BCUT2D eigenvalue weighted by molar-refractivity contribution is 9.09. The fraction of sp³-hybridized carbons (Fsp3) is 0.700. The fourth-order valence-corrected chi connectivity index (χ4v) is 1.11. The molecule has 2 amide bonds. The zero-order valence-electron chi connectivity index (χ0n) is 10.4. The zero-order valence-corrected chi connectivity index (χ0v) is 12.0. The number of aliphatic carboxylic acids is 1. The Kier molecular flexibility index (Phi) is 6.67. The predicted octanol–water partition coefficient (Wildman–Crippen LogP) is 0.475. The Bertz CT molecular complexity index is 327. The van der Waals surface area contributed by atoms with Gasteiger partial charge in [0.1, 0.15) is 11.6 Å². The third-order valence-electron chi connectivity index (χ3n) is 1.61. The minimum Gasteiger partial charge on any atom is -0.480 e. The number of amides is 2. The van der Waals surface area contributed by atoms with E-state index in [2.05, 4.69) is 26.6 Å². The molecule has 0 saturated carbocycles. The fourth-order valence-electron chi connectivity index (χ4n) is 0.913. The van der Waals surface area contributed by atoms with Gasteiger partial charge in [-0.2, -0.15) is 0 Å². The molecule has 0 aromatic carbocycles. The maximum Gasteiger partial charge on any atom is 0.408 e. The molecule has 0 aromatic rings. The molecule has 0 aromatic heterocycles. The van der Waals surface area contributed by atoms with Crippen molar-refractivity contribution in [1.82, 2.24) is 10.6 Å². The lowest BCUT2D eigenvalue weighted by atomic mass is 10.2. The second-order valence-electron chi connectivity index (χ2n) is 4.47. The van der Waals surface area contributed by atoms with Gasteiger partial charge in [-0.15, -0.1) is 0 Å². The van der Waals surface area contributed by atoms with Crippen LogP contribution in [0, 0.1) is 0 Å². The molecule has 1 atom stereocenters. The summed E-state index contributed by atoms with van der Waals surface area (Å²) in [6, 6.07) is -1.23. The van der Waals surface area contributed by atoms with Crippen LogP contribution in [0.5, 0.6) is 0 Å². The first-order valence-electron chi connectivity index (χ1n) is 5.20. The van der Waals surface area contributed by atoms with E-state index in [0.717, 1.165) is 0 Å². The van der Waals surface area contributed by atoms with E-state index in [0.29, 0.717) is 0 Å². The summed E-state index contributed by atoms with van der Waals surface area (Å²) in [5.41, 5.74) is -0.716. The van der Waals surface area contributed by atoms with Gasteiger partial charge in [0.15, 0.2) is 0 Å². The van der Waals surface area contributed by atoms with Crippen LogP contribution in [0.3, 0.4) is 0 Å². The molecule has 18 heavy (non-hydrogen) atoms. The SMILES string of the molecule is CC(C)(C)OC(=O)NC(CNC(=O)CBr)C(=O)O. The molecular formula is C10H17BrN2O5. The molecule has 0 radical (unpaired) electrons. The first-order valence-corrected chi connectivity index (χ1v) is 6.33. The molecule has 0 rings (SSSR count). The lowest BCUT2D eigenvalue weighted by Crippen LogP contribution is -2.49. The van der Waals surface area contributed by atoms with Crippen LogP contribution in [0.15, 0.2) is 0 Å². The molecule has 8 heteroatoms. The standard InChI is InChI=1S/C10H17BrN2O5/c1-10(2,3)18-9(17)13-6(8(15)16)5-12-7(14)4-11/h6H,4-5H2,1-3H3,(H,12,14)(H,13,17)(H,15,16). The number of carbonyl (C=O) groups excluding carboxylic acids is 2. The first-order chi connectivity index (χ1) is 8.15. The molecule has 0 aliphatic carbocycles. The Morgan fingerprint density at radius 3 is 2.28 bits per heavy atom. The van der Waals surface area contributed by atoms with Gasteiger partial charge in [0, 0.05) is 6.54 Å². The van der Waals surface area contributed by atoms with Crippen molar-refractivity contribution in [2.45, 2.75) is 32.4 Å². The molecule has 3 N–H and O–H groups in total. The Labute approximate surface area is 113 Å². The lowest BCUT2D eigenvalue weighted by molar-refractivity contribution is -0.139. The number of ether oxygens (including phenoxy) is 1. The van der Waals surface area contributed by atoms with Crippen LogP contribution in [-0.2, 0) is 14.3 Å². The minimum absolute atomic E-state index is 0.0613. The highest BCUT2D eigenvalue weighted by Gasteiger charge is 2.24. The monoisotopic (exact) mass is 324 g/mol. The molecule has 0 fully saturated rings. The van der Waals surface area contributed by atoms with Crippen LogP contribution >= 0.6 is 15.9 Å². The number of carbonyl (C=O) groups is 3. The third kappa shape index (κ3) is 7.88. The number of carboxylic acid groups (broad SMARTS) is 1. The molecule has 0 bridgehead atoms. The average Bonchev–Trinajstić information content (AvgIpc) is 2.20. The van der Waals surface area contributed by atoms with Gasteiger partial charge in [-0.05, 0) is 20.8 Å². The molecule has 0 aliphatic heterocycles. The number of hydrogen-bond acceptors (Lipinski definition) is 4. The van der Waals surface area contributed by atoms with Gasteiger partial charge in [0.25, 0.3) is 0 Å². The molecular weight excluding hydrogens is 308 g/mol. The Balaban J connectivity index is 4.32. The smallest absolute Gasteiger partial charge is 0.408 e. The van der Waals surface area contributed by atoms with Crippen molar-refractivity contribution in [2.75, 3.05) is 11.9 Å². The zero-order chi connectivity index (χ0) is 14.3. The number of alkyl carbamates (subject to hydrolysis) is 1. The Morgan fingerprint density at radius 1 is 1.33 bits per heavy atom. The quantitative estimate of drug-likeness (QED) is 0.638. The topological polar surface area (TPSA) is 105 Å². The van der Waals surface area contributed by atoms with E-state index in [-0.39, 0.29) is 17.8 Å². The van der Waals surface area contributed by atoms with Crippen molar-refractivity contribution >= 4 is 33.9 Å². The van der Waals surface area contributed by atoms with Gasteiger partial charge in [-0.25, -0.2) is 9.59 Å². The van der Waals surface area contributed by atoms with Crippen LogP contribution in [-0.4, -0.2) is 46.6 Å². The highest BCUT2D eigenvalue weighted by Crippen LogP contribution is 2.06. The number of halogens is 1. The van der Waals surface area contributed by atoms with Gasteiger partial charge < -0.3 is 20.5 Å². The van der Waals surface area contributed by atoms with E-state index in [1.165, 1.54) is 0 Å². The van der Waals surface area contributed by atoms with E-state index in [9.17, 15) is 14.4 Å². The normalized spacial score (nSPS) is 12.4. The molecule has 1 unspecified atom stereocenters. The van der Waals surface area contributed by atoms with Crippen molar-refractivity contribution in [3.05, 3.63) is 0 Å². The molecule has 104 valence electrons. The largest absolute Gasteiger partial charge is 0.480 e. The lowest BCUT2D eigenvalue weighted by Gasteiger charge is -2.22. The molecule has 0 aliphatic rings. The second-order valence-corrected chi connectivity index (χ2v) is 5.04. The third-order valence-corrected chi connectivity index (χ3v) is 2.12. The number of carboxylic acids is 1. The number of alkyl halides is 1. The van der Waals surface area contributed by atoms with E-state index in [1.54, 1.807) is 20.8 Å². The van der Waals surface area contributed by atoms with E-state index >= 15 is 0 Å². The van der Waals surface area contributed by atoms with Crippen LogP contribution in [0.25, 0.3) is 0 Å². The number of rotatable bonds is 5. The summed E-state index contributed by atoms with van der Waals surface area (Å²) < 4.78 is 4.92. The van der Waals surface area contributed by atoms with E-state index in [4.69, 9.17) is 9.84 Å². The van der Waals surface area contributed by atoms with Crippen LogP contribution in [0.2, 0.25) is 0 Å². The van der Waals surface area contributed by atoms with E-state index < -0.39 is 23.7 Å². The van der Waals surface area contributed by atoms with E-state index in [1.807, 2.05) is 0 Å². The summed E-state index contributed by atoms with van der Waals surface area (Å²) in [4.78, 5) is 33.2. The first kappa shape index (κ1) is 16.7. The van der Waals surface area contributed by atoms with Crippen molar-refractivity contribution in [3.8, 4) is 0 Å². The minimum atomic E-state index is -1.25. The van der Waals surface area contributed by atoms with Gasteiger partial charge in [-0.3, -0.25) is 4.79 Å². The predicted molar refractivity (Wildman–Crippen MR) is 67.6 cm³/mol. The molecule has 0 spiro atoms. The summed E-state index contributed by atoms with van der Waals surface area (Å²) in [5, 5.41) is 13.4. The maximum absolute atomic E-state index is 11.4. The maximum atomic E-state index is 11.4. The van der Waals surface area contributed by atoms with Gasteiger partial charge in [0.2, 0.25) is 5.91 Å². The highest BCUT2D eigenvalue weighted by atomic mass is 79.9. The van der Waals surface area contributed by atoms with Crippen molar-refractivity contribution in [3.63, 3.8) is 0 Å². The van der Waals surface area contributed by atoms with Crippen LogP contribution < -0.4 is 10.6 Å². The van der Waals surface area contributed by atoms with Crippen molar-refractivity contribution in [2.24, 2.45) is 0 Å². The molecule has 7 nitrogen and oxygen atoms in total. The molecule has 0 saturated heterocycles. The average molecular weight is 325 g/mol. The van der Waals surface area contributed by atoms with Gasteiger partial charge in [-0.1, -0.05) is 15.9 Å². The Morgan fingerprint density at radius 2 is 1.89 bits per heavy atom. The van der Waals surface area contributed by atoms with Crippen molar-refractivity contribution < 1.29 is 24.2 Å². The summed E-state index contributed by atoms with van der Waals surface area (Å²) in [6.45, 7) is 4.78. The summed E-state index contributed by atoms with van der Waals surface area (Å²) in [6.07, 6.45) is -0.844.